The number of benzene rings is 1. The van der Waals surface area contributed by atoms with Crippen LogP contribution in [0.25, 0.3) is 22.6 Å². The lowest BCUT2D eigenvalue weighted by molar-refractivity contribution is 0.619. The van der Waals surface area contributed by atoms with Crippen LogP contribution in [-0.2, 0) is 6.54 Å². The summed E-state index contributed by atoms with van der Waals surface area (Å²) >= 11 is 0. The molecule has 5 heteroatoms. The Balaban J connectivity index is 1.64. The first kappa shape index (κ1) is 11.8. The van der Waals surface area contributed by atoms with Crippen molar-refractivity contribution < 1.29 is 4.42 Å². The van der Waals surface area contributed by atoms with Crippen LogP contribution in [0.15, 0.2) is 65.5 Å². The van der Waals surface area contributed by atoms with E-state index in [9.17, 15) is 0 Å². The summed E-state index contributed by atoms with van der Waals surface area (Å²) in [7, 11) is 0. The molecule has 0 aliphatic carbocycles. The van der Waals surface area contributed by atoms with Crippen LogP contribution in [0.4, 0.5) is 0 Å². The van der Waals surface area contributed by atoms with Crippen molar-refractivity contribution in [3.05, 3.63) is 66.7 Å². The fraction of sp³-hybridized carbons (Fsp3) is 0.0625. The Bertz CT molecular complexity index is 846. The summed E-state index contributed by atoms with van der Waals surface area (Å²) in [6.45, 7) is 0.626. The van der Waals surface area contributed by atoms with Gasteiger partial charge >= 0.3 is 0 Å². The van der Waals surface area contributed by atoms with E-state index in [4.69, 9.17) is 4.42 Å². The Labute approximate surface area is 120 Å². The van der Waals surface area contributed by atoms with E-state index >= 15 is 0 Å². The van der Waals surface area contributed by atoms with E-state index in [1.807, 2.05) is 53.3 Å². The maximum atomic E-state index is 5.74. The van der Waals surface area contributed by atoms with Crippen molar-refractivity contribution in [3.63, 3.8) is 0 Å². The Kier molecular flexibility index (Phi) is 2.74. The number of nitrogens with zero attached hydrogens (tertiary/aromatic N) is 4. The van der Waals surface area contributed by atoms with Gasteiger partial charge in [-0.15, -0.1) is 0 Å². The summed E-state index contributed by atoms with van der Waals surface area (Å²) in [5, 5.41) is 4.33. The molecule has 0 fully saturated rings. The highest BCUT2D eigenvalue weighted by molar-refractivity contribution is 5.75. The summed E-state index contributed by atoms with van der Waals surface area (Å²) in [6, 6.07) is 13.6. The minimum atomic E-state index is 0.587. The van der Waals surface area contributed by atoms with Crippen LogP contribution in [0.5, 0.6) is 0 Å². The second-order valence-electron chi connectivity index (χ2n) is 4.73. The number of oxazole rings is 1. The molecule has 1 aromatic carbocycles. The Morgan fingerprint density at radius 3 is 2.81 bits per heavy atom. The Morgan fingerprint density at radius 1 is 1.05 bits per heavy atom. The average Bonchev–Trinajstić information content (AvgIpc) is 3.14. The van der Waals surface area contributed by atoms with Crippen molar-refractivity contribution in [1.29, 1.82) is 0 Å². The molecule has 4 rings (SSSR count). The monoisotopic (exact) mass is 276 g/mol. The largest absolute Gasteiger partial charge is 0.436 e. The van der Waals surface area contributed by atoms with Gasteiger partial charge in [0, 0.05) is 12.4 Å². The van der Waals surface area contributed by atoms with Crippen LogP contribution in [0.2, 0.25) is 0 Å². The number of rotatable bonds is 3. The SMILES string of the molecule is c1ccc(Cn2cc(-c3nc4ccccc4o3)cn2)nc1. The quantitative estimate of drug-likeness (QED) is 0.577. The topological polar surface area (TPSA) is 56.7 Å². The molecule has 0 atom stereocenters. The fourth-order valence-corrected chi connectivity index (χ4v) is 2.21. The molecule has 0 aliphatic rings. The first-order valence-corrected chi connectivity index (χ1v) is 6.67. The first-order valence-electron chi connectivity index (χ1n) is 6.67. The second-order valence-corrected chi connectivity index (χ2v) is 4.73. The van der Waals surface area contributed by atoms with Gasteiger partial charge in [-0.25, -0.2) is 4.98 Å². The van der Waals surface area contributed by atoms with Crippen LogP contribution in [0, 0.1) is 0 Å². The third kappa shape index (κ3) is 2.29. The van der Waals surface area contributed by atoms with E-state index in [0.717, 1.165) is 22.4 Å². The summed E-state index contributed by atoms with van der Waals surface area (Å²) in [6.07, 6.45) is 5.45. The van der Waals surface area contributed by atoms with E-state index in [1.165, 1.54) is 0 Å². The van der Waals surface area contributed by atoms with Crippen LogP contribution >= 0.6 is 0 Å². The van der Waals surface area contributed by atoms with E-state index in [2.05, 4.69) is 15.1 Å². The number of pyridine rings is 1. The molecule has 102 valence electrons. The molecular formula is C16H12N4O. The second kappa shape index (κ2) is 4.86. The number of aromatic nitrogens is 4. The Hall–Kier alpha value is -2.95. The van der Waals surface area contributed by atoms with Gasteiger partial charge in [0.2, 0.25) is 5.89 Å². The fourth-order valence-electron chi connectivity index (χ4n) is 2.21. The van der Waals surface area contributed by atoms with E-state index in [1.54, 1.807) is 12.4 Å². The zero-order valence-electron chi connectivity index (χ0n) is 11.2. The first-order chi connectivity index (χ1) is 10.4. The molecule has 0 bridgehead atoms. The van der Waals surface area contributed by atoms with Gasteiger partial charge < -0.3 is 4.42 Å². The van der Waals surface area contributed by atoms with Crippen molar-refractivity contribution in [2.75, 3.05) is 0 Å². The highest BCUT2D eigenvalue weighted by Crippen LogP contribution is 2.23. The van der Waals surface area contributed by atoms with Crippen molar-refractivity contribution in [1.82, 2.24) is 19.7 Å². The summed E-state index contributed by atoms with van der Waals surface area (Å²) in [5.74, 6) is 0.587. The molecule has 0 N–H and O–H groups in total. The lowest BCUT2D eigenvalue weighted by atomic mass is 10.3. The highest BCUT2D eigenvalue weighted by Gasteiger charge is 2.10. The number of hydrogen-bond acceptors (Lipinski definition) is 4. The predicted octanol–water partition coefficient (Wildman–Crippen LogP) is 3.13. The third-order valence-corrected chi connectivity index (χ3v) is 3.22. The van der Waals surface area contributed by atoms with E-state index in [0.29, 0.717) is 12.4 Å². The van der Waals surface area contributed by atoms with E-state index < -0.39 is 0 Å². The molecule has 0 unspecified atom stereocenters. The van der Waals surface area contributed by atoms with Gasteiger partial charge in [-0.2, -0.15) is 5.10 Å². The van der Waals surface area contributed by atoms with Gasteiger partial charge in [0.15, 0.2) is 5.58 Å². The van der Waals surface area contributed by atoms with Crippen LogP contribution in [-0.4, -0.2) is 19.7 Å². The molecule has 0 saturated carbocycles. The predicted molar refractivity (Wildman–Crippen MR) is 78.6 cm³/mol. The van der Waals surface area contributed by atoms with Gasteiger partial charge in [0.25, 0.3) is 0 Å². The molecule has 21 heavy (non-hydrogen) atoms. The molecule has 0 spiro atoms. The minimum absolute atomic E-state index is 0.587. The molecule has 3 heterocycles. The standard InChI is InChI=1S/C16H12N4O/c1-2-7-15-14(6-1)19-16(21-15)12-9-18-20(10-12)11-13-5-3-4-8-17-13/h1-10H,11H2. The van der Waals surface area contributed by atoms with Gasteiger partial charge in [0.1, 0.15) is 5.52 Å². The van der Waals surface area contributed by atoms with Gasteiger partial charge in [0.05, 0.1) is 24.0 Å². The van der Waals surface area contributed by atoms with Crippen molar-refractivity contribution in [2.45, 2.75) is 6.54 Å². The molecule has 3 aromatic heterocycles. The molecule has 0 radical (unpaired) electrons. The van der Waals surface area contributed by atoms with Gasteiger partial charge in [-0.05, 0) is 24.3 Å². The van der Waals surface area contributed by atoms with E-state index in [-0.39, 0.29) is 0 Å². The molecule has 0 saturated heterocycles. The normalized spacial score (nSPS) is 11.0. The molecule has 5 nitrogen and oxygen atoms in total. The lowest BCUT2D eigenvalue weighted by Gasteiger charge is -1.99. The van der Waals surface area contributed by atoms with Crippen molar-refractivity contribution in [3.8, 4) is 11.5 Å². The van der Waals surface area contributed by atoms with Gasteiger partial charge in [-0.1, -0.05) is 18.2 Å². The van der Waals surface area contributed by atoms with Crippen molar-refractivity contribution >= 4 is 11.1 Å². The summed E-state index contributed by atoms with van der Waals surface area (Å²) in [4.78, 5) is 8.76. The minimum Gasteiger partial charge on any atom is -0.436 e. The molecule has 0 aliphatic heterocycles. The zero-order chi connectivity index (χ0) is 14.1. The maximum Gasteiger partial charge on any atom is 0.230 e. The number of hydrogen-bond donors (Lipinski definition) is 0. The lowest BCUT2D eigenvalue weighted by Crippen LogP contribution is -2.01. The Morgan fingerprint density at radius 2 is 1.95 bits per heavy atom. The number of fused-ring (bicyclic) bond motifs is 1. The third-order valence-electron chi connectivity index (χ3n) is 3.22. The molecule has 4 aromatic rings. The molecular weight excluding hydrogens is 264 g/mol. The van der Waals surface area contributed by atoms with Gasteiger partial charge in [-0.3, -0.25) is 9.67 Å². The van der Waals surface area contributed by atoms with Crippen LogP contribution in [0.3, 0.4) is 0 Å². The van der Waals surface area contributed by atoms with Crippen LogP contribution < -0.4 is 0 Å². The summed E-state index contributed by atoms with van der Waals surface area (Å²) in [5.41, 5.74) is 3.46. The highest BCUT2D eigenvalue weighted by atomic mass is 16.3. The maximum absolute atomic E-state index is 5.74. The number of para-hydroxylation sites is 2. The van der Waals surface area contributed by atoms with Crippen LogP contribution in [0.1, 0.15) is 5.69 Å². The van der Waals surface area contributed by atoms with Crippen molar-refractivity contribution in [2.24, 2.45) is 0 Å². The average molecular weight is 276 g/mol. The zero-order valence-corrected chi connectivity index (χ0v) is 11.2. The smallest absolute Gasteiger partial charge is 0.230 e. The molecule has 0 amide bonds. The summed E-state index contributed by atoms with van der Waals surface area (Å²) < 4.78 is 7.56.